The Balaban J connectivity index is 0.000000892. The van der Waals surface area contributed by atoms with Gasteiger partial charge < -0.3 is 20.3 Å². The number of piperidine rings is 2. The second kappa shape index (κ2) is 10.3. The maximum atomic E-state index is 14.1. The summed E-state index contributed by atoms with van der Waals surface area (Å²) >= 11 is 1.82. The Bertz CT molecular complexity index is 1110. The van der Waals surface area contributed by atoms with E-state index in [9.17, 15) is 8.78 Å². The molecule has 0 bridgehead atoms. The summed E-state index contributed by atoms with van der Waals surface area (Å²) in [5.41, 5.74) is 9.05. The number of carbonyl (C=O) groups is 1. The summed E-state index contributed by atoms with van der Waals surface area (Å²) in [6.45, 7) is 4.83. The van der Waals surface area contributed by atoms with Gasteiger partial charge in [0, 0.05) is 47.7 Å². The lowest BCUT2D eigenvalue weighted by molar-refractivity contribution is -0.106. The molecule has 1 aromatic carbocycles. The zero-order valence-electron chi connectivity index (χ0n) is 21.5. The fraction of sp³-hybridized carbons (Fsp3) is 0.571. The van der Waals surface area contributed by atoms with E-state index in [-0.39, 0.29) is 19.4 Å². The number of aromatic nitrogens is 1. The standard InChI is InChI=1S/C27H34F2N4S.CH3NO/c1-25(9-10-25)34-31-20-6-7-21(23(18-20)32-16-13-26(11-12-26)14-17-32)22-4-2-5-24(30-22)33-15-3-8-27(28,29)19-33;2-1-3/h2,4-7,18,31H,3,8-17,19H2,1H3;1H,(H2,2,3). The topological polar surface area (TPSA) is 74.5 Å². The van der Waals surface area contributed by atoms with E-state index in [1.165, 1.54) is 44.2 Å². The largest absolute Gasteiger partial charge is 0.372 e. The van der Waals surface area contributed by atoms with Crippen molar-refractivity contribution in [2.24, 2.45) is 11.1 Å². The molecular weight excluding hydrogens is 492 g/mol. The molecule has 0 radical (unpaired) electrons. The van der Waals surface area contributed by atoms with Crippen LogP contribution in [-0.2, 0) is 4.79 Å². The number of primary amides is 1. The molecule has 3 N–H and O–H groups in total. The molecule has 2 saturated carbocycles. The number of hydrogen-bond donors (Lipinski definition) is 2. The molecule has 2 aliphatic carbocycles. The summed E-state index contributed by atoms with van der Waals surface area (Å²) in [4.78, 5) is 17.7. The number of carbonyl (C=O) groups excluding carboxylic acids is 1. The first-order chi connectivity index (χ1) is 17.7. The van der Waals surface area contributed by atoms with Crippen molar-refractivity contribution in [1.29, 1.82) is 0 Å². The number of amides is 1. The molecule has 6 rings (SSSR count). The molecule has 4 aliphatic rings. The van der Waals surface area contributed by atoms with Gasteiger partial charge in [-0.15, -0.1) is 0 Å². The molecule has 2 aliphatic heterocycles. The number of pyridine rings is 1. The number of anilines is 3. The first-order valence-corrected chi connectivity index (χ1v) is 14.1. The third-order valence-corrected chi connectivity index (χ3v) is 9.45. The van der Waals surface area contributed by atoms with Crippen LogP contribution >= 0.6 is 11.9 Å². The Morgan fingerprint density at radius 2 is 1.73 bits per heavy atom. The molecule has 6 nitrogen and oxygen atoms in total. The summed E-state index contributed by atoms with van der Waals surface area (Å²) in [7, 11) is 0. The van der Waals surface area contributed by atoms with E-state index in [1.807, 2.05) is 30.1 Å². The van der Waals surface area contributed by atoms with Crippen molar-refractivity contribution in [3.63, 3.8) is 0 Å². The van der Waals surface area contributed by atoms with Crippen LogP contribution in [0, 0.1) is 5.41 Å². The maximum Gasteiger partial charge on any atom is 0.265 e. The van der Waals surface area contributed by atoms with Crippen molar-refractivity contribution < 1.29 is 13.6 Å². The minimum Gasteiger partial charge on any atom is -0.372 e. The predicted octanol–water partition coefficient (Wildman–Crippen LogP) is 6.08. The van der Waals surface area contributed by atoms with E-state index >= 15 is 0 Å². The number of nitrogens with two attached hydrogens (primary N) is 1. The molecule has 200 valence electrons. The number of nitrogens with zero attached hydrogens (tertiary/aromatic N) is 3. The highest BCUT2D eigenvalue weighted by Crippen LogP contribution is 2.54. The number of benzene rings is 1. The molecule has 0 atom stereocenters. The van der Waals surface area contributed by atoms with E-state index in [1.54, 1.807) is 4.90 Å². The summed E-state index contributed by atoms with van der Waals surface area (Å²) in [5, 5.41) is 0. The number of nitrogens with one attached hydrogen (secondary N) is 1. The lowest BCUT2D eigenvalue weighted by atomic mass is 9.92. The van der Waals surface area contributed by atoms with Crippen LogP contribution in [-0.4, -0.2) is 48.2 Å². The molecule has 9 heteroatoms. The summed E-state index contributed by atoms with van der Waals surface area (Å²) in [5.74, 6) is -1.99. The first-order valence-electron chi connectivity index (χ1n) is 13.3. The Morgan fingerprint density at radius 1 is 1.00 bits per heavy atom. The molecule has 1 aromatic heterocycles. The van der Waals surface area contributed by atoms with E-state index in [0.717, 1.165) is 30.0 Å². The van der Waals surface area contributed by atoms with Gasteiger partial charge in [0.05, 0.1) is 12.2 Å². The third-order valence-electron chi connectivity index (χ3n) is 8.22. The van der Waals surface area contributed by atoms with E-state index in [4.69, 9.17) is 9.78 Å². The average molecular weight is 530 g/mol. The van der Waals surface area contributed by atoms with Gasteiger partial charge in [0.2, 0.25) is 6.41 Å². The van der Waals surface area contributed by atoms with Gasteiger partial charge in [0.1, 0.15) is 5.82 Å². The minimum absolute atomic E-state index is 0.0324. The molecule has 0 unspecified atom stereocenters. The lowest BCUT2D eigenvalue weighted by Gasteiger charge is -2.35. The van der Waals surface area contributed by atoms with Crippen LogP contribution in [0.3, 0.4) is 0 Å². The molecule has 4 fully saturated rings. The predicted molar refractivity (Wildman–Crippen MR) is 148 cm³/mol. The highest BCUT2D eigenvalue weighted by molar-refractivity contribution is 8.02. The van der Waals surface area contributed by atoms with Crippen LogP contribution in [0.4, 0.5) is 26.0 Å². The second-order valence-corrected chi connectivity index (χ2v) is 12.7. The second-order valence-electron chi connectivity index (χ2n) is 11.3. The Kier molecular flexibility index (Phi) is 7.27. The fourth-order valence-corrected chi connectivity index (χ4v) is 6.14. The van der Waals surface area contributed by atoms with Gasteiger partial charge in [0.15, 0.2) is 0 Å². The monoisotopic (exact) mass is 529 g/mol. The van der Waals surface area contributed by atoms with E-state index < -0.39 is 5.92 Å². The van der Waals surface area contributed by atoms with Crippen LogP contribution in [0.2, 0.25) is 0 Å². The molecule has 37 heavy (non-hydrogen) atoms. The molecular formula is C28H37F2N5OS. The molecule has 1 spiro atoms. The molecule has 3 heterocycles. The highest BCUT2D eigenvalue weighted by Gasteiger charge is 2.44. The maximum absolute atomic E-state index is 14.1. The lowest BCUT2D eigenvalue weighted by Crippen LogP contribution is -2.43. The summed E-state index contributed by atoms with van der Waals surface area (Å²) in [6.07, 6.45) is 8.52. The fourth-order valence-electron chi connectivity index (χ4n) is 5.34. The van der Waals surface area contributed by atoms with E-state index in [0.29, 0.717) is 28.9 Å². The van der Waals surface area contributed by atoms with Gasteiger partial charge in [-0.3, -0.25) is 4.79 Å². The van der Waals surface area contributed by atoms with Crippen LogP contribution in [0.25, 0.3) is 11.3 Å². The third kappa shape index (κ3) is 6.30. The smallest absolute Gasteiger partial charge is 0.265 e. The van der Waals surface area contributed by atoms with Crippen molar-refractivity contribution in [2.45, 2.75) is 69.0 Å². The van der Waals surface area contributed by atoms with Gasteiger partial charge >= 0.3 is 0 Å². The zero-order valence-corrected chi connectivity index (χ0v) is 22.3. The molecule has 2 saturated heterocycles. The summed E-state index contributed by atoms with van der Waals surface area (Å²) in [6, 6.07) is 12.4. The number of halogens is 2. The highest BCUT2D eigenvalue weighted by atomic mass is 32.2. The van der Waals surface area contributed by atoms with Gasteiger partial charge in [-0.25, -0.2) is 13.8 Å². The van der Waals surface area contributed by atoms with E-state index in [2.05, 4.69) is 40.5 Å². The zero-order chi connectivity index (χ0) is 26.1. The van der Waals surface area contributed by atoms with Crippen molar-refractivity contribution in [1.82, 2.24) is 4.98 Å². The van der Waals surface area contributed by atoms with Crippen LogP contribution in [0.1, 0.15) is 58.3 Å². The van der Waals surface area contributed by atoms with Crippen molar-refractivity contribution in [3.8, 4) is 11.3 Å². The van der Waals surface area contributed by atoms with Crippen molar-refractivity contribution in [3.05, 3.63) is 36.4 Å². The number of rotatable bonds is 6. The van der Waals surface area contributed by atoms with Crippen LogP contribution in [0.15, 0.2) is 36.4 Å². The Labute approximate surface area is 222 Å². The SMILES string of the molecule is CC1(SNc2ccc(-c3cccc(N4CCCC(F)(F)C4)n3)c(N3CCC4(CC3)CC4)c2)CC1.NC=O. The number of hydrogen-bond acceptors (Lipinski definition) is 6. The van der Waals surface area contributed by atoms with Gasteiger partial charge in [0.25, 0.3) is 5.92 Å². The van der Waals surface area contributed by atoms with Crippen LogP contribution in [0.5, 0.6) is 0 Å². The van der Waals surface area contributed by atoms with Crippen molar-refractivity contribution >= 4 is 35.6 Å². The van der Waals surface area contributed by atoms with Gasteiger partial charge in [-0.2, -0.15) is 0 Å². The van der Waals surface area contributed by atoms with Gasteiger partial charge in [-0.05, 0) is 99.6 Å². The summed E-state index contributed by atoms with van der Waals surface area (Å²) < 4.78 is 32.1. The first kappa shape index (κ1) is 26.1. The Morgan fingerprint density at radius 3 is 2.38 bits per heavy atom. The van der Waals surface area contributed by atoms with Crippen molar-refractivity contribution in [2.75, 3.05) is 40.7 Å². The van der Waals surface area contributed by atoms with Gasteiger partial charge in [-0.1, -0.05) is 6.07 Å². The molecule has 1 amide bonds. The Hall–Kier alpha value is -2.55. The van der Waals surface area contributed by atoms with Crippen LogP contribution < -0.4 is 20.3 Å². The molecule has 2 aromatic rings. The normalized spacial score (nSPS) is 22.6. The quantitative estimate of drug-likeness (QED) is 0.349. The number of alkyl halides is 2. The minimum atomic E-state index is -2.64. The average Bonchev–Trinajstić information content (AvgIpc) is 3.82.